The fraction of sp³-hybridized carbons (Fsp3) is 0.429. The third-order valence-corrected chi connectivity index (χ3v) is 5.97. The van der Waals surface area contributed by atoms with Crippen LogP contribution in [0.5, 0.6) is 11.5 Å². The Morgan fingerprint density at radius 3 is 2.62 bits per heavy atom. The van der Waals surface area contributed by atoms with Gasteiger partial charge in [-0.1, -0.05) is 6.07 Å². The summed E-state index contributed by atoms with van der Waals surface area (Å²) < 4.78 is 10.6. The summed E-state index contributed by atoms with van der Waals surface area (Å²) in [7, 11) is 3.07. The molecule has 1 N–H and O–H groups in total. The van der Waals surface area contributed by atoms with Crippen LogP contribution in [0.3, 0.4) is 0 Å². The Hall–Kier alpha value is -3.16. The average Bonchev–Trinajstić information content (AvgIpc) is 3.43. The molecule has 1 aromatic carbocycles. The molecular formula is C21H24N4O4. The van der Waals surface area contributed by atoms with E-state index in [4.69, 9.17) is 9.47 Å². The smallest absolute Gasteiger partial charge is 0.274 e. The minimum atomic E-state index is -0.166. The zero-order valence-corrected chi connectivity index (χ0v) is 16.6. The number of benzene rings is 1. The molecular weight excluding hydrogens is 372 g/mol. The molecule has 1 saturated heterocycles. The molecule has 2 fully saturated rings. The van der Waals surface area contributed by atoms with Crippen LogP contribution in [0.15, 0.2) is 36.8 Å². The van der Waals surface area contributed by atoms with Crippen molar-refractivity contribution in [3.8, 4) is 11.5 Å². The van der Waals surface area contributed by atoms with Gasteiger partial charge in [-0.3, -0.25) is 14.6 Å². The third kappa shape index (κ3) is 3.62. The summed E-state index contributed by atoms with van der Waals surface area (Å²) in [6.07, 6.45) is 7.22. The minimum Gasteiger partial charge on any atom is -0.493 e. The quantitative estimate of drug-likeness (QED) is 0.830. The molecule has 0 bridgehead atoms. The number of aromatic nitrogens is 2. The first-order valence-corrected chi connectivity index (χ1v) is 9.65. The van der Waals surface area contributed by atoms with E-state index >= 15 is 0 Å². The van der Waals surface area contributed by atoms with Gasteiger partial charge in [-0.2, -0.15) is 0 Å². The first-order chi connectivity index (χ1) is 14.1. The van der Waals surface area contributed by atoms with E-state index in [0.717, 1.165) is 19.3 Å². The van der Waals surface area contributed by atoms with Crippen LogP contribution in [0.1, 0.15) is 40.1 Å². The van der Waals surface area contributed by atoms with Gasteiger partial charge >= 0.3 is 0 Å². The highest BCUT2D eigenvalue weighted by Crippen LogP contribution is 2.54. The van der Waals surface area contributed by atoms with E-state index in [-0.39, 0.29) is 23.3 Å². The Kier molecular flexibility index (Phi) is 5.08. The second-order valence-corrected chi connectivity index (χ2v) is 7.52. The van der Waals surface area contributed by atoms with Crippen LogP contribution < -0.4 is 14.8 Å². The van der Waals surface area contributed by atoms with Crippen LogP contribution in [-0.2, 0) is 0 Å². The lowest BCUT2D eigenvalue weighted by Crippen LogP contribution is -2.42. The lowest BCUT2D eigenvalue weighted by atomic mass is 9.92. The minimum absolute atomic E-state index is 0.0703. The van der Waals surface area contributed by atoms with Gasteiger partial charge in [-0.25, -0.2) is 4.98 Å². The van der Waals surface area contributed by atoms with Gasteiger partial charge in [0.25, 0.3) is 11.8 Å². The van der Waals surface area contributed by atoms with Gasteiger partial charge in [0.1, 0.15) is 5.69 Å². The molecule has 2 aromatic rings. The van der Waals surface area contributed by atoms with Crippen molar-refractivity contribution in [3.05, 3.63) is 48.0 Å². The number of ether oxygens (including phenoxy) is 2. The van der Waals surface area contributed by atoms with Crippen molar-refractivity contribution in [2.45, 2.75) is 25.3 Å². The number of nitrogens with one attached hydrogen (secondary N) is 1. The van der Waals surface area contributed by atoms with Crippen molar-refractivity contribution < 1.29 is 19.1 Å². The van der Waals surface area contributed by atoms with Crippen LogP contribution in [0.2, 0.25) is 0 Å². The van der Waals surface area contributed by atoms with E-state index < -0.39 is 0 Å². The number of carbonyl (C=O) groups excluding carboxylic acids is 2. The Morgan fingerprint density at radius 2 is 1.97 bits per heavy atom. The van der Waals surface area contributed by atoms with Gasteiger partial charge in [-0.15, -0.1) is 0 Å². The second-order valence-electron chi connectivity index (χ2n) is 7.52. The molecule has 1 aromatic heterocycles. The molecule has 8 nitrogen and oxygen atoms in total. The summed E-state index contributed by atoms with van der Waals surface area (Å²) in [6, 6.07) is 5.38. The van der Waals surface area contributed by atoms with Crippen LogP contribution in [-0.4, -0.2) is 60.0 Å². The third-order valence-electron chi connectivity index (χ3n) is 5.97. The van der Waals surface area contributed by atoms with E-state index in [9.17, 15) is 9.59 Å². The normalized spacial score (nSPS) is 19.5. The standard InChI is InChI=1S/C21H24N4O4/c1-28-16-5-3-4-14(18(16)29-2)19(26)24-17-12-21(17)6-10-25(11-7-21)20(27)15-13-22-8-9-23-15/h3-5,8-9,13,17H,6-7,10-12H2,1-2H3,(H,24,26). The van der Waals surface area contributed by atoms with Crippen molar-refractivity contribution in [3.63, 3.8) is 0 Å². The average molecular weight is 396 g/mol. The summed E-state index contributed by atoms with van der Waals surface area (Å²) in [6.45, 7) is 1.31. The summed E-state index contributed by atoms with van der Waals surface area (Å²) in [5, 5.41) is 3.13. The molecule has 2 heterocycles. The number of piperidine rings is 1. The van der Waals surface area contributed by atoms with Crippen LogP contribution in [0.4, 0.5) is 0 Å². The van der Waals surface area contributed by atoms with Gasteiger partial charge in [0, 0.05) is 31.5 Å². The Labute approximate surface area is 169 Å². The van der Waals surface area contributed by atoms with Crippen molar-refractivity contribution in [1.82, 2.24) is 20.2 Å². The number of para-hydroxylation sites is 1. The van der Waals surface area contributed by atoms with E-state index in [2.05, 4.69) is 15.3 Å². The summed E-state index contributed by atoms with van der Waals surface area (Å²) in [4.78, 5) is 35.2. The van der Waals surface area contributed by atoms with Crippen molar-refractivity contribution >= 4 is 11.8 Å². The fourth-order valence-electron chi connectivity index (χ4n) is 4.13. The van der Waals surface area contributed by atoms with Crippen molar-refractivity contribution in [2.75, 3.05) is 27.3 Å². The molecule has 29 heavy (non-hydrogen) atoms. The zero-order valence-electron chi connectivity index (χ0n) is 16.6. The number of hydrogen-bond acceptors (Lipinski definition) is 6. The lowest BCUT2D eigenvalue weighted by Gasteiger charge is -2.32. The molecule has 1 unspecified atom stereocenters. The van der Waals surface area contributed by atoms with Crippen LogP contribution in [0.25, 0.3) is 0 Å². The molecule has 2 amide bonds. The van der Waals surface area contributed by atoms with Gasteiger partial charge < -0.3 is 19.7 Å². The zero-order chi connectivity index (χ0) is 20.4. The highest BCUT2D eigenvalue weighted by Gasteiger charge is 2.56. The largest absolute Gasteiger partial charge is 0.493 e. The molecule has 2 aliphatic rings. The molecule has 1 aliphatic heterocycles. The molecule has 4 rings (SSSR count). The molecule has 1 aliphatic carbocycles. The number of amides is 2. The highest BCUT2D eigenvalue weighted by atomic mass is 16.5. The monoisotopic (exact) mass is 396 g/mol. The van der Waals surface area contributed by atoms with Gasteiger partial charge in [0.2, 0.25) is 0 Å². The number of hydrogen-bond donors (Lipinski definition) is 1. The molecule has 1 saturated carbocycles. The number of rotatable bonds is 5. The maximum atomic E-state index is 12.8. The Bertz CT molecular complexity index is 910. The molecule has 1 atom stereocenters. The predicted octanol–water partition coefficient (Wildman–Crippen LogP) is 1.92. The molecule has 8 heteroatoms. The first-order valence-electron chi connectivity index (χ1n) is 9.65. The van der Waals surface area contributed by atoms with Crippen LogP contribution in [0, 0.1) is 5.41 Å². The van der Waals surface area contributed by atoms with Gasteiger partial charge in [-0.05, 0) is 36.8 Å². The number of nitrogens with zero attached hydrogens (tertiary/aromatic N) is 3. The number of methoxy groups -OCH3 is 2. The van der Waals surface area contributed by atoms with Crippen LogP contribution >= 0.6 is 0 Å². The maximum Gasteiger partial charge on any atom is 0.274 e. The van der Waals surface area contributed by atoms with Crippen molar-refractivity contribution in [1.29, 1.82) is 0 Å². The number of carbonyl (C=O) groups is 2. The molecule has 0 radical (unpaired) electrons. The Morgan fingerprint density at radius 1 is 1.17 bits per heavy atom. The topological polar surface area (TPSA) is 93.7 Å². The summed E-state index contributed by atoms with van der Waals surface area (Å²) in [5.41, 5.74) is 0.902. The lowest BCUT2D eigenvalue weighted by molar-refractivity contribution is 0.0661. The van der Waals surface area contributed by atoms with E-state index in [0.29, 0.717) is 35.8 Å². The maximum absolute atomic E-state index is 12.8. The van der Waals surface area contributed by atoms with E-state index in [1.807, 2.05) is 4.90 Å². The van der Waals surface area contributed by atoms with Gasteiger partial charge in [0.05, 0.1) is 26.0 Å². The van der Waals surface area contributed by atoms with E-state index in [1.54, 1.807) is 31.5 Å². The highest BCUT2D eigenvalue weighted by molar-refractivity contribution is 5.98. The fourth-order valence-corrected chi connectivity index (χ4v) is 4.13. The molecule has 1 spiro atoms. The summed E-state index contributed by atoms with van der Waals surface area (Å²) in [5.74, 6) is 0.712. The predicted molar refractivity (Wildman–Crippen MR) is 105 cm³/mol. The SMILES string of the molecule is COc1cccc(C(=O)NC2CC23CCN(C(=O)c2cnccn2)CC3)c1OC. The van der Waals surface area contributed by atoms with Gasteiger partial charge in [0.15, 0.2) is 11.5 Å². The Balaban J connectivity index is 1.36. The van der Waals surface area contributed by atoms with E-state index in [1.165, 1.54) is 19.5 Å². The molecule has 152 valence electrons. The second kappa shape index (κ2) is 7.69. The van der Waals surface area contributed by atoms with Crippen molar-refractivity contribution in [2.24, 2.45) is 5.41 Å². The number of likely N-dealkylation sites (tertiary alicyclic amines) is 1. The first kappa shape index (κ1) is 19.2. The summed E-state index contributed by atoms with van der Waals surface area (Å²) >= 11 is 0.